The van der Waals surface area contributed by atoms with Gasteiger partial charge in [0.2, 0.25) is 0 Å². The molecule has 2 aromatic rings. The summed E-state index contributed by atoms with van der Waals surface area (Å²) in [5.74, 6) is -0.344. The number of nitrogens with zero attached hydrogens (tertiary/aromatic N) is 1. The fourth-order valence-electron chi connectivity index (χ4n) is 5.77. The Balaban J connectivity index is 1.52. The summed E-state index contributed by atoms with van der Waals surface area (Å²) in [6.45, 7) is 1.34. The molecule has 1 aromatic carbocycles. The van der Waals surface area contributed by atoms with Crippen molar-refractivity contribution < 1.29 is 14.6 Å². The number of pyridine rings is 1. The van der Waals surface area contributed by atoms with E-state index in [1.54, 1.807) is 12.1 Å². The van der Waals surface area contributed by atoms with E-state index in [0.717, 1.165) is 62.7 Å². The fraction of sp³-hybridized carbons (Fsp3) is 0.560. The van der Waals surface area contributed by atoms with Crippen LogP contribution in [-0.2, 0) is 12.0 Å². The number of rotatable bonds is 6. The highest BCUT2D eigenvalue weighted by Gasteiger charge is 2.51. The molecule has 2 unspecified atom stereocenters. The van der Waals surface area contributed by atoms with Crippen molar-refractivity contribution in [3.63, 3.8) is 0 Å². The van der Waals surface area contributed by atoms with Crippen LogP contribution in [0.15, 0.2) is 36.5 Å². The van der Waals surface area contributed by atoms with Gasteiger partial charge in [0.05, 0.1) is 28.5 Å². The van der Waals surface area contributed by atoms with Crippen molar-refractivity contribution in [3.05, 3.63) is 63.6 Å². The lowest BCUT2D eigenvalue weighted by molar-refractivity contribution is -0.0831. The molecular weight excluding hydrogens is 450 g/mol. The molecule has 2 aliphatic rings. The number of benzene rings is 1. The van der Waals surface area contributed by atoms with Crippen molar-refractivity contribution in [2.45, 2.75) is 75.5 Å². The first-order chi connectivity index (χ1) is 15.3. The first kappa shape index (κ1) is 23.9. The third kappa shape index (κ3) is 4.97. The molecule has 1 aromatic heterocycles. The first-order valence-corrected chi connectivity index (χ1v) is 12.2. The number of aliphatic hydroxyl groups is 2. The zero-order valence-electron chi connectivity index (χ0n) is 18.2. The van der Waals surface area contributed by atoms with Crippen LogP contribution in [0.25, 0.3) is 0 Å². The minimum atomic E-state index is -0.373. The van der Waals surface area contributed by atoms with Crippen molar-refractivity contribution in [1.29, 1.82) is 0 Å². The number of hydrogen-bond donors (Lipinski definition) is 3. The molecule has 2 atom stereocenters. The van der Waals surface area contributed by atoms with Gasteiger partial charge in [-0.15, -0.1) is 0 Å². The lowest BCUT2D eigenvalue weighted by Crippen LogP contribution is -2.51. The van der Waals surface area contributed by atoms with Crippen molar-refractivity contribution in [2.24, 2.45) is 5.41 Å². The summed E-state index contributed by atoms with van der Waals surface area (Å²) < 4.78 is 13.6. The smallest absolute Gasteiger partial charge is 0.141 e. The molecule has 2 saturated carbocycles. The van der Waals surface area contributed by atoms with E-state index in [-0.39, 0.29) is 28.9 Å². The van der Waals surface area contributed by atoms with E-state index in [9.17, 15) is 14.6 Å². The predicted molar refractivity (Wildman–Crippen MR) is 125 cm³/mol. The lowest BCUT2D eigenvalue weighted by atomic mass is 9.54. The molecule has 0 amide bonds. The predicted octanol–water partition coefficient (Wildman–Crippen LogP) is 5.41. The van der Waals surface area contributed by atoms with Crippen LogP contribution in [0.5, 0.6) is 0 Å². The topological polar surface area (TPSA) is 65.4 Å². The van der Waals surface area contributed by atoms with E-state index in [2.05, 4.69) is 10.3 Å². The molecule has 2 aliphatic carbocycles. The van der Waals surface area contributed by atoms with E-state index >= 15 is 0 Å². The summed E-state index contributed by atoms with van der Waals surface area (Å²) in [5, 5.41) is 25.6. The third-order valence-corrected chi connectivity index (χ3v) is 8.50. The van der Waals surface area contributed by atoms with Crippen LogP contribution >= 0.6 is 23.2 Å². The zero-order valence-corrected chi connectivity index (χ0v) is 19.7. The maximum atomic E-state index is 13.6. The highest BCUT2D eigenvalue weighted by molar-refractivity contribution is 6.42. The summed E-state index contributed by atoms with van der Waals surface area (Å²) in [4.78, 5) is 4.48. The van der Waals surface area contributed by atoms with Crippen LogP contribution in [0.3, 0.4) is 0 Å². The molecular formula is C25H31Cl2FN2O2. The number of nitrogens with one attached hydrogen (secondary N) is 1. The molecule has 2 fully saturated rings. The molecule has 1 heterocycles. The summed E-state index contributed by atoms with van der Waals surface area (Å²) in [7, 11) is 0. The second kappa shape index (κ2) is 9.94. The Labute approximate surface area is 199 Å². The standard InChI is InChI=1S/C25H31Cl2FN2O2/c26-20-3-1-2-17(23(20)27)14-29-13-12-24(21-5-4-18(28)15-30-21)11-8-22(32)25(16-24)9-6-19(31)7-10-25/h1-5,15,19,22,29,31-32H,6-14,16H2. The minimum absolute atomic E-state index is 0.218. The largest absolute Gasteiger partial charge is 0.393 e. The Hall–Kier alpha value is -1.24. The van der Waals surface area contributed by atoms with Crippen LogP contribution in [0.4, 0.5) is 4.39 Å². The van der Waals surface area contributed by atoms with Crippen LogP contribution in [0, 0.1) is 11.2 Å². The quantitative estimate of drug-likeness (QED) is 0.483. The Morgan fingerprint density at radius 2 is 1.84 bits per heavy atom. The Morgan fingerprint density at radius 1 is 1.06 bits per heavy atom. The first-order valence-electron chi connectivity index (χ1n) is 11.5. The molecule has 174 valence electrons. The Kier molecular flexibility index (Phi) is 7.43. The monoisotopic (exact) mass is 480 g/mol. The minimum Gasteiger partial charge on any atom is -0.393 e. The van der Waals surface area contributed by atoms with Gasteiger partial charge in [0.25, 0.3) is 0 Å². The average molecular weight is 481 g/mol. The summed E-state index contributed by atoms with van der Waals surface area (Å²) in [6, 6.07) is 8.89. The van der Waals surface area contributed by atoms with Crippen LogP contribution in [0.2, 0.25) is 10.0 Å². The normalized spacial score (nSPS) is 30.5. The second-order valence-corrected chi connectivity index (χ2v) is 10.4. The van der Waals surface area contributed by atoms with Gasteiger partial charge in [0.15, 0.2) is 0 Å². The van der Waals surface area contributed by atoms with Gasteiger partial charge in [0, 0.05) is 17.7 Å². The van der Waals surface area contributed by atoms with E-state index in [1.165, 1.54) is 12.3 Å². The van der Waals surface area contributed by atoms with Gasteiger partial charge in [-0.1, -0.05) is 35.3 Å². The number of halogens is 3. The van der Waals surface area contributed by atoms with Gasteiger partial charge in [-0.05, 0) is 87.1 Å². The van der Waals surface area contributed by atoms with Crippen molar-refractivity contribution in [3.8, 4) is 0 Å². The lowest BCUT2D eigenvalue weighted by Gasteiger charge is -2.53. The molecule has 0 saturated heterocycles. The Morgan fingerprint density at radius 3 is 2.56 bits per heavy atom. The molecule has 0 radical (unpaired) electrons. The molecule has 32 heavy (non-hydrogen) atoms. The van der Waals surface area contributed by atoms with Crippen molar-refractivity contribution >= 4 is 23.2 Å². The summed E-state index contributed by atoms with van der Waals surface area (Å²) in [6.07, 6.45) is 6.80. The number of aliphatic hydroxyl groups excluding tert-OH is 2. The molecule has 0 aliphatic heterocycles. The van der Waals surface area contributed by atoms with Gasteiger partial charge < -0.3 is 15.5 Å². The zero-order chi connectivity index (χ0) is 22.8. The van der Waals surface area contributed by atoms with Gasteiger partial charge in [-0.2, -0.15) is 0 Å². The van der Waals surface area contributed by atoms with Gasteiger partial charge in [-0.25, -0.2) is 4.39 Å². The van der Waals surface area contributed by atoms with Crippen molar-refractivity contribution in [2.75, 3.05) is 6.54 Å². The number of hydrogen-bond acceptors (Lipinski definition) is 4. The SMILES string of the molecule is OC1CCC2(CC1)CC(CCNCc1cccc(Cl)c1Cl)(c1ccc(F)cn1)CCC2O. The van der Waals surface area contributed by atoms with Gasteiger partial charge >= 0.3 is 0 Å². The fourth-order valence-corrected chi connectivity index (χ4v) is 6.16. The van der Waals surface area contributed by atoms with Crippen LogP contribution in [-0.4, -0.2) is 33.9 Å². The highest BCUT2D eigenvalue weighted by atomic mass is 35.5. The van der Waals surface area contributed by atoms with Gasteiger partial charge in [0.1, 0.15) is 5.82 Å². The maximum absolute atomic E-state index is 13.6. The average Bonchev–Trinajstić information content (AvgIpc) is 2.79. The third-order valence-electron chi connectivity index (χ3n) is 7.64. The van der Waals surface area contributed by atoms with Gasteiger partial charge in [-0.3, -0.25) is 4.98 Å². The molecule has 3 N–H and O–H groups in total. The molecule has 0 bridgehead atoms. The maximum Gasteiger partial charge on any atom is 0.141 e. The van der Waals surface area contributed by atoms with Crippen LogP contribution < -0.4 is 5.32 Å². The second-order valence-electron chi connectivity index (χ2n) is 9.61. The van der Waals surface area contributed by atoms with E-state index in [1.807, 2.05) is 12.1 Å². The van der Waals surface area contributed by atoms with E-state index in [4.69, 9.17) is 23.2 Å². The molecule has 4 rings (SSSR count). The number of aromatic nitrogens is 1. The van der Waals surface area contributed by atoms with E-state index in [0.29, 0.717) is 23.0 Å². The molecule has 1 spiro atoms. The summed E-state index contributed by atoms with van der Waals surface area (Å²) >= 11 is 12.4. The van der Waals surface area contributed by atoms with Crippen LogP contribution in [0.1, 0.15) is 62.6 Å². The highest BCUT2D eigenvalue weighted by Crippen LogP contribution is 2.55. The molecule has 7 heteroatoms. The summed E-state index contributed by atoms with van der Waals surface area (Å²) in [5.41, 5.74) is 1.37. The molecule has 4 nitrogen and oxygen atoms in total. The Bertz CT molecular complexity index is 919. The van der Waals surface area contributed by atoms with E-state index < -0.39 is 0 Å². The van der Waals surface area contributed by atoms with Crippen molar-refractivity contribution in [1.82, 2.24) is 10.3 Å².